The van der Waals surface area contributed by atoms with Crippen LogP contribution >= 0.6 is 0 Å². The van der Waals surface area contributed by atoms with Crippen molar-refractivity contribution in [2.75, 3.05) is 20.3 Å². The lowest BCUT2D eigenvalue weighted by Crippen LogP contribution is -2.14. The van der Waals surface area contributed by atoms with Gasteiger partial charge in [-0.15, -0.1) is 0 Å². The van der Waals surface area contributed by atoms with Crippen molar-refractivity contribution in [2.24, 2.45) is 5.92 Å². The van der Waals surface area contributed by atoms with Gasteiger partial charge < -0.3 is 14.2 Å². The van der Waals surface area contributed by atoms with Gasteiger partial charge in [-0.1, -0.05) is 19.1 Å². The summed E-state index contributed by atoms with van der Waals surface area (Å²) >= 11 is 0. The predicted molar refractivity (Wildman–Crippen MR) is 67.1 cm³/mol. The largest absolute Gasteiger partial charge is 0.469 e. The Balaban J connectivity index is 3.74. The Labute approximate surface area is 112 Å². The summed E-state index contributed by atoms with van der Waals surface area (Å²) in [4.78, 5) is 32.7. The third-order valence-corrected chi connectivity index (χ3v) is 2.12. The van der Waals surface area contributed by atoms with Crippen molar-refractivity contribution in [3.05, 3.63) is 12.2 Å². The molecular weight excluding hydrogens is 252 g/mol. The monoisotopic (exact) mass is 272 g/mol. The van der Waals surface area contributed by atoms with Crippen LogP contribution in [-0.2, 0) is 28.6 Å². The fourth-order valence-corrected chi connectivity index (χ4v) is 1.21. The highest BCUT2D eigenvalue weighted by atomic mass is 16.6. The summed E-state index contributed by atoms with van der Waals surface area (Å²) < 4.78 is 14.0. The molecule has 0 N–H and O–H groups in total. The highest BCUT2D eigenvalue weighted by Gasteiger charge is 2.08. The highest BCUT2D eigenvalue weighted by Crippen LogP contribution is 2.06. The zero-order valence-corrected chi connectivity index (χ0v) is 11.5. The normalized spacial score (nSPS) is 11.9. The highest BCUT2D eigenvalue weighted by molar-refractivity contribution is 5.71. The van der Waals surface area contributed by atoms with Gasteiger partial charge in [0.05, 0.1) is 20.0 Å². The molecule has 0 aliphatic carbocycles. The molecule has 1 unspecified atom stereocenters. The van der Waals surface area contributed by atoms with Gasteiger partial charge in [0.15, 0.2) is 0 Å². The summed E-state index contributed by atoms with van der Waals surface area (Å²) in [7, 11) is 1.32. The number of methoxy groups -OCH3 is 1. The number of hydrogen-bond donors (Lipinski definition) is 0. The lowest BCUT2D eigenvalue weighted by Gasteiger charge is -2.07. The van der Waals surface area contributed by atoms with E-state index in [9.17, 15) is 14.4 Å². The molecule has 108 valence electrons. The zero-order valence-electron chi connectivity index (χ0n) is 11.5. The summed E-state index contributed by atoms with van der Waals surface area (Å²) in [6, 6.07) is 0. The van der Waals surface area contributed by atoms with E-state index >= 15 is 0 Å². The molecule has 0 heterocycles. The third-order valence-electron chi connectivity index (χ3n) is 2.12. The Morgan fingerprint density at radius 2 is 1.74 bits per heavy atom. The number of carbonyl (C=O) groups is 3. The first kappa shape index (κ1) is 17.2. The van der Waals surface area contributed by atoms with Crippen LogP contribution in [0.15, 0.2) is 12.2 Å². The van der Waals surface area contributed by atoms with Crippen molar-refractivity contribution < 1.29 is 28.6 Å². The van der Waals surface area contributed by atoms with Crippen molar-refractivity contribution in [3.8, 4) is 0 Å². The Bertz CT molecular complexity index is 334. The van der Waals surface area contributed by atoms with E-state index in [0.29, 0.717) is 0 Å². The Kier molecular flexibility index (Phi) is 9.12. The fourth-order valence-electron chi connectivity index (χ4n) is 1.21. The minimum atomic E-state index is -0.407. The molecule has 0 aromatic carbocycles. The Morgan fingerprint density at radius 3 is 2.32 bits per heavy atom. The quantitative estimate of drug-likeness (QED) is 0.286. The van der Waals surface area contributed by atoms with Crippen molar-refractivity contribution in [1.29, 1.82) is 0 Å². The topological polar surface area (TPSA) is 78.9 Å². The maximum Gasteiger partial charge on any atom is 0.309 e. The van der Waals surface area contributed by atoms with Crippen LogP contribution in [0.25, 0.3) is 0 Å². The van der Waals surface area contributed by atoms with Crippen molar-refractivity contribution >= 4 is 17.9 Å². The number of carbonyl (C=O) groups excluding carboxylic acids is 3. The molecule has 6 heteroatoms. The average Bonchev–Trinajstić information content (AvgIpc) is 2.34. The van der Waals surface area contributed by atoms with Gasteiger partial charge in [0.25, 0.3) is 0 Å². The Morgan fingerprint density at radius 1 is 1.11 bits per heavy atom. The maximum absolute atomic E-state index is 11.4. The van der Waals surface area contributed by atoms with Crippen LogP contribution in [0.1, 0.15) is 26.7 Å². The molecule has 0 saturated heterocycles. The molecule has 0 saturated carbocycles. The van der Waals surface area contributed by atoms with E-state index < -0.39 is 5.97 Å². The van der Waals surface area contributed by atoms with Crippen LogP contribution < -0.4 is 0 Å². The molecule has 0 rings (SSSR count). The summed E-state index contributed by atoms with van der Waals surface area (Å²) in [5.74, 6) is -1.14. The number of allylic oxidation sites excluding steroid dienone is 1. The summed E-state index contributed by atoms with van der Waals surface area (Å²) in [6.07, 6.45) is 3.80. The van der Waals surface area contributed by atoms with Crippen LogP contribution in [0, 0.1) is 5.92 Å². The van der Waals surface area contributed by atoms with Gasteiger partial charge in [-0.05, 0) is 5.92 Å². The van der Waals surface area contributed by atoms with Crippen molar-refractivity contribution in [1.82, 2.24) is 0 Å². The van der Waals surface area contributed by atoms with Gasteiger partial charge in [0, 0.05) is 6.92 Å². The second kappa shape index (κ2) is 10.1. The van der Waals surface area contributed by atoms with E-state index in [2.05, 4.69) is 9.47 Å². The molecular formula is C13H20O6. The Hall–Kier alpha value is -1.85. The predicted octanol–water partition coefficient (Wildman–Crippen LogP) is 1.24. The second-order valence-electron chi connectivity index (χ2n) is 3.95. The molecule has 0 aliphatic rings. The van der Waals surface area contributed by atoms with Crippen LogP contribution in [0.2, 0.25) is 0 Å². The summed E-state index contributed by atoms with van der Waals surface area (Å²) in [6.45, 7) is 3.24. The van der Waals surface area contributed by atoms with E-state index in [0.717, 1.165) is 0 Å². The first-order valence-corrected chi connectivity index (χ1v) is 5.98. The fraction of sp³-hybridized carbons (Fsp3) is 0.615. The minimum absolute atomic E-state index is 0.0362. The van der Waals surface area contributed by atoms with Crippen LogP contribution in [0.4, 0.5) is 0 Å². The standard InChI is InChI=1S/C13H20O6/c1-10(5-4-6-12(15)17-3)9-13(16)19-8-7-18-11(2)14/h4-5,10H,6-9H2,1-3H3/b5-4-. The molecule has 6 nitrogen and oxygen atoms in total. The number of esters is 3. The molecule has 0 aromatic rings. The van der Waals surface area contributed by atoms with Gasteiger partial charge >= 0.3 is 17.9 Å². The van der Waals surface area contributed by atoms with Gasteiger partial charge in [-0.25, -0.2) is 0 Å². The van der Waals surface area contributed by atoms with Gasteiger partial charge in [-0.2, -0.15) is 0 Å². The lowest BCUT2D eigenvalue weighted by atomic mass is 10.1. The van der Waals surface area contributed by atoms with E-state index in [4.69, 9.17) is 4.74 Å². The summed E-state index contributed by atoms with van der Waals surface area (Å²) in [5, 5.41) is 0. The van der Waals surface area contributed by atoms with Gasteiger partial charge in [0.1, 0.15) is 13.2 Å². The molecule has 1 atom stereocenters. The van der Waals surface area contributed by atoms with E-state index in [-0.39, 0.29) is 43.9 Å². The number of hydrogen-bond acceptors (Lipinski definition) is 6. The summed E-state index contributed by atoms with van der Waals surface area (Å²) in [5.41, 5.74) is 0. The van der Waals surface area contributed by atoms with Crippen molar-refractivity contribution in [2.45, 2.75) is 26.7 Å². The first-order chi connectivity index (χ1) is 8.95. The first-order valence-electron chi connectivity index (χ1n) is 5.98. The SMILES string of the molecule is COC(=O)C/C=C\C(C)CC(=O)OCCOC(C)=O. The molecule has 0 aliphatic heterocycles. The maximum atomic E-state index is 11.4. The lowest BCUT2D eigenvalue weighted by molar-refractivity contribution is -0.151. The van der Waals surface area contributed by atoms with E-state index in [1.807, 2.05) is 6.92 Å². The van der Waals surface area contributed by atoms with Crippen LogP contribution in [-0.4, -0.2) is 38.2 Å². The smallest absolute Gasteiger partial charge is 0.309 e. The molecule has 0 bridgehead atoms. The van der Waals surface area contributed by atoms with Crippen LogP contribution in [0.5, 0.6) is 0 Å². The minimum Gasteiger partial charge on any atom is -0.469 e. The number of ether oxygens (including phenoxy) is 3. The van der Waals surface area contributed by atoms with Gasteiger partial charge in [0.2, 0.25) is 0 Å². The molecule has 0 amide bonds. The van der Waals surface area contributed by atoms with Gasteiger partial charge in [-0.3, -0.25) is 14.4 Å². The third kappa shape index (κ3) is 11.0. The van der Waals surface area contributed by atoms with Crippen LogP contribution in [0.3, 0.4) is 0 Å². The molecule has 0 radical (unpaired) electrons. The number of rotatable bonds is 8. The van der Waals surface area contributed by atoms with E-state index in [1.54, 1.807) is 12.2 Å². The average molecular weight is 272 g/mol. The molecule has 0 fully saturated rings. The molecule has 19 heavy (non-hydrogen) atoms. The van der Waals surface area contributed by atoms with E-state index in [1.165, 1.54) is 14.0 Å². The molecule has 0 spiro atoms. The zero-order chi connectivity index (χ0) is 14.7. The van der Waals surface area contributed by atoms with Crippen molar-refractivity contribution in [3.63, 3.8) is 0 Å². The second-order valence-corrected chi connectivity index (χ2v) is 3.95. The molecule has 0 aromatic heterocycles.